The zero-order chi connectivity index (χ0) is 21.9. The lowest BCUT2D eigenvalue weighted by atomic mass is 10.0. The van der Waals surface area contributed by atoms with Crippen LogP contribution in [0.1, 0.15) is 37.7 Å². The first-order valence-electron chi connectivity index (χ1n) is 11.1. The monoisotopic (exact) mass is 424 g/mol. The number of carbonyl (C=O) groups is 2. The van der Waals surface area contributed by atoms with Crippen LogP contribution >= 0.6 is 0 Å². The van der Waals surface area contributed by atoms with E-state index in [0.717, 1.165) is 29.9 Å². The minimum atomic E-state index is 0.0504. The lowest BCUT2D eigenvalue weighted by Gasteiger charge is -2.32. The highest BCUT2D eigenvalue weighted by atomic mass is 16.5. The van der Waals surface area contributed by atoms with Crippen molar-refractivity contribution in [1.29, 1.82) is 0 Å². The van der Waals surface area contributed by atoms with E-state index in [1.807, 2.05) is 66.4 Å². The summed E-state index contributed by atoms with van der Waals surface area (Å²) in [6.45, 7) is 4.26. The van der Waals surface area contributed by atoms with E-state index in [2.05, 4.69) is 5.32 Å². The molecule has 1 saturated heterocycles. The largest absolute Gasteiger partial charge is 0.493 e. The number of nitrogens with one attached hydrogen (secondary N) is 1. The first kappa shape index (κ1) is 22.7. The van der Waals surface area contributed by atoms with Crippen LogP contribution in [0, 0.1) is 6.92 Å². The molecule has 0 aromatic heterocycles. The Hall–Kier alpha value is -3.02. The summed E-state index contributed by atoms with van der Waals surface area (Å²) in [4.78, 5) is 26.5. The molecule has 2 aromatic rings. The number of para-hydroxylation sites is 2. The highest BCUT2D eigenvalue weighted by Gasteiger charge is 2.23. The summed E-state index contributed by atoms with van der Waals surface area (Å²) in [7, 11) is 0. The average molecular weight is 425 g/mol. The van der Waals surface area contributed by atoms with Crippen LogP contribution in [0.5, 0.6) is 11.5 Å². The Morgan fingerprint density at radius 2 is 1.65 bits per heavy atom. The number of hydrogen-bond acceptors (Lipinski definition) is 4. The standard InChI is InChI=1S/C25H32N2O4/c1-20-8-5-6-11-23(20)31-18-7-12-24(28)26-21-13-16-27(17-14-21)25(29)15-19-30-22-9-3-2-4-10-22/h2-6,8-11,21H,7,12-19H2,1H3,(H,26,28). The molecule has 166 valence electrons. The van der Waals surface area contributed by atoms with Gasteiger partial charge in [0.1, 0.15) is 11.5 Å². The maximum absolute atomic E-state index is 12.4. The maximum Gasteiger partial charge on any atom is 0.225 e. The Morgan fingerprint density at radius 1 is 0.935 bits per heavy atom. The van der Waals surface area contributed by atoms with Gasteiger partial charge in [-0.15, -0.1) is 0 Å². The van der Waals surface area contributed by atoms with Gasteiger partial charge in [0.05, 0.1) is 19.6 Å². The number of ether oxygens (including phenoxy) is 2. The number of aryl methyl sites for hydroxylation is 1. The van der Waals surface area contributed by atoms with Crippen molar-refractivity contribution >= 4 is 11.8 Å². The Morgan fingerprint density at radius 3 is 2.39 bits per heavy atom. The quantitative estimate of drug-likeness (QED) is 0.590. The highest BCUT2D eigenvalue weighted by molar-refractivity contribution is 5.77. The summed E-state index contributed by atoms with van der Waals surface area (Å²) in [6.07, 6.45) is 3.07. The highest BCUT2D eigenvalue weighted by Crippen LogP contribution is 2.17. The van der Waals surface area contributed by atoms with Crippen LogP contribution in [-0.4, -0.2) is 49.1 Å². The van der Waals surface area contributed by atoms with Crippen molar-refractivity contribution in [2.75, 3.05) is 26.3 Å². The molecule has 0 spiro atoms. The van der Waals surface area contributed by atoms with E-state index in [1.165, 1.54) is 0 Å². The van der Waals surface area contributed by atoms with Gasteiger partial charge in [-0.1, -0.05) is 36.4 Å². The second-order valence-corrected chi connectivity index (χ2v) is 7.85. The van der Waals surface area contributed by atoms with E-state index in [0.29, 0.717) is 45.6 Å². The Labute approximate surface area is 184 Å². The molecule has 6 heteroatoms. The summed E-state index contributed by atoms with van der Waals surface area (Å²) in [5.74, 6) is 1.80. The third kappa shape index (κ3) is 7.63. The minimum Gasteiger partial charge on any atom is -0.493 e. The van der Waals surface area contributed by atoms with E-state index in [4.69, 9.17) is 9.47 Å². The van der Waals surface area contributed by atoms with Crippen molar-refractivity contribution in [3.63, 3.8) is 0 Å². The van der Waals surface area contributed by atoms with Gasteiger partial charge < -0.3 is 19.7 Å². The second kappa shape index (κ2) is 12.0. The van der Waals surface area contributed by atoms with Crippen molar-refractivity contribution < 1.29 is 19.1 Å². The van der Waals surface area contributed by atoms with Crippen LogP contribution in [0.25, 0.3) is 0 Å². The normalized spacial score (nSPS) is 14.2. The lowest BCUT2D eigenvalue weighted by Crippen LogP contribution is -2.46. The van der Waals surface area contributed by atoms with Crippen molar-refractivity contribution in [1.82, 2.24) is 10.2 Å². The summed E-state index contributed by atoms with van der Waals surface area (Å²) in [5.41, 5.74) is 1.10. The van der Waals surface area contributed by atoms with Crippen LogP contribution in [0.2, 0.25) is 0 Å². The number of amides is 2. The van der Waals surface area contributed by atoms with Crippen molar-refractivity contribution in [2.45, 2.75) is 45.1 Å². The van der Waals surface area contributed by atoms with Crippen molar-refractivity contribution in [2.24, 2.45) is 0 Å². The molecule has 1 fully saturated rings. The van der Waals surface area contributed by atoms with Gasteiger partial charge >= 0.3 is 0 Å². The molecule has 3 rings (SSSR count). The predicted molar refractivity (Wildman–Crippen MR) is 120 cm³/mol. The van der Waals surface area contributed by atoms with Crippen LogP contribution in [0.15, 0.2) is 54.6 Å². The zero-order valence-corrected chi connectivity index (χ0v) is 18.2. The first-order valence-corrected chi connectivity index (χ1v) is 11.1. The fourth-order valence-electron chi connectivity index (χ4n) is 3.64. The summed E-state index contributed by atoms with van der Waals surface area (Å²) >= 11 is 0. The molecule has 31 heavy (non-hydrogen) atoms. The molecule has 2 amide bonds. The average Bonchev–Trinajstić information content (AvgIpc) is 2.79. The number of nitrogens with zero attached hydrogens (tertiary/aromatic N) is 1. The number of likely N-dealkylation sites (tertiary alicyclic amines) is 1. The van der Waals surface area contributed by atoms with E-state index in [9.17, 15) is 9.59 Å². The number of rotatable bonds is 10. The Kier molecular flexibility index (Phi) is 8.76. The first-order chi connectivity index (χ1) is 15.1. The van der Waals surface area contributed by atoms with E-state index >= 15 is 0 Å². The molecular formula is C25H32N2O4. The Balaban J connectivity index is 1.26. The van der Waals surface area contributed by atoms with Gasteiger partial charge in [0.15, 0.2) is 0 Å². The van der Waals surface area contributed by atoms with Crippen LogP contribution in [-0.2, 0) is 9.59 Å². The molecule has 0 atom stereocenters. The second-order valence-electron chi connectivity index (χ2n) is 7.85. The molecule has 0 unspecified atom stereocenters. The van der Waals surface area contributed by atoms with Crippen LogP contribution in [0.4, 0.5) is 0 Å². The molecule has 0 aliphatic carbocycles. The third-order valence-corrected chi connectivity index (χ3v) is 5.44. The summed E-state index contributed by atoms with van der Waals surface area (Å²) in [5, 5.41) is 3.10. The van der Waals surface area contributed by atoms with E-state index in [-0.39, 0.29) is 17.9 Å². The molecule has 0 saturated carbocycles. The molecular weight excluding hydrogens is 392 g/mol. The summed E-state index contributed by atoms with van der Waals surface area (Å²) < 4.78 is 11.4. The van der Waals surface area contributed by atoms with Crippen LogP contribution < -0.4 is 14.8 Å². The van der Waals surface area contributed by atoms with Gasteiger partial charge in [0.2, 0.25) is 11.8 Å². The smallest absolute Gasteiger partial charge is 0.225 e. The fraction of sp³-hybridized carbons (Fsp3) is 0.440. The number of piperidine rings is 1. The third-order valence-electron chi connectivity index (χ3n) is 5.44. The number of hydrogen-bond donors (Lipinski definition) is 1. The fourth-order valence-corrected chi connectivity index (χ4v) is 3.64. The van der Waals surface area contributed by atoms with Gasteiger partial charge in [-0.25, -0.2) is 0 Å². The lowest BCUT2D eigenvalue weighted by molar-refractivity contribution is -0.132. The van der Waals surface area contributed by atoms with Gasteiger partial charge in [-0.3, -0.25) is 9.59 Å². The molecule has 1 N–H and O–H groups in total. The molecule has 1 heterocycles. The topological polar surface area (TPSA) is 67.9 Å². The van der Waals surface area contributed by atoms with E-state index in [1.54, 1.807) is 0 Å². The van der Waals surface area contributed by atoms with Crippen molar-refractivity contribution in [3.05, 3.63) is 60.2 Å². The molecule has 2 aromatic carbocycles. The van der Waals surface area contributed by atoms with Gasteiger partial charge in [-0.2, -0.15) is 0 Å². The maximum atomic E-state index is 12.4. The molecule has 0 bridgehead atoms. The van der Waals surface area contributed by atoms with Gasteiger partial charge in [0, 0.05) is 25.6 Å². The molecule has 1 aliphatic rings. The molecule has 1 aliphatic heterocycles. The predicted octanol–water partition coefficient (Wildman–Crippen LogP) is 3.73. The summed E-state index contributed by atoms with van der Waals surface area (Å²) in [6, 6.07) is 17.5. The Bertz CT molecular complexity index is 832. The van der Waals surface area contributed by atoms with Crippen LogP contribution in [0.3, 0.4) is 0 Å². The molecule has 0 radical (unpaired) electrons. The molecule has 6 nitrogen and oxygen atoms in total. The van der Waals surface area contributed by atoms with Gasteiger partial charge in [0.25, 0.3) is 0 Å². The minimum absolute atomic E-state index is 0.0504. The number of benzene rings is 2. The zero-order valence-electron chi connectivity index (χ0n) is 18.2. The van der Waals surface area contributed by atoms with Crippen molar-refractivity contribution in [3.8, 4) is 11.5 Å². The van der Waals surface area contributed by atoms with E-state index < -0.39 is 0 Å². The number of carbonyl (C=O) groups excluding carboxylic acids is 2. The SMILES string of the molecule is Cc1ccccc1OCCCC(=O)NC1CCN(C(=O)CCOc2ccccc2)CC1. The van der Waals surface area contributed by atoms with Gasteiger partial charge in [-0.05, 0) is 49.9 Å².